The fourth-order valence-electron chi connectivity index (χ4n) is 4.32. The fraction of sp³-hybridized carbons (Fsp3) is 0.441. The molecule has 20 nitrogen and oxygen atoms in total. The molecule has 0 fully saturated rings. The Bertz CT molecular complexity index is 1730. The van der Waals surface area contributed by atoms with E-state index in [0.717, 1.165) is 4.58 Å². The van der Waals surface area contributed by atoms with E-state index in [0.29, 0.717) is 11.1 Å². The molecule has 0 saturated heterocycles. The van der Waals surface area contributed by atoms with Crippen molar-refractivity contribution in [1.29, 1.82) is 0 Å². The zero-order valence-electron chi connectivity index (χ0n) is 30.8. The van der Waals surface area contributed by atoms with Crippen LogP contribution in [0.15, 0.2) is 48.5 Å². The third kappa shape index (κ3) is 16.3. The number of alkyl carbamates (subject to hydrolysis) is 2. The number of nitro groups is 2. The third-order valence-corrected chi connectivity index (χ3v) is 6.85. The molecule has 0 saturated carbocycles. The molecule has 0 aliphatic heterocycles. The van der Waals surface area contributed by atoms with Crippen LogP contribution in [0, 0.1) is 20.2 Å². The highest BCUT2D eigenvalue weighted by Gasteiger charge is 2.28. The average molecular weight is 758 g/mol. The van der Waals surface area contributed by atoms with Crippen LogP contribution in [0.4, 0.5) is 21.0 Å². The lowest BCUT2D eigenvalue weighted by atomic mass is 10.0. The van der Waals surface area contributed by atoms with Gasteiger partial charge in [0.25, 0.3) is 11.4 Å². The van der Waals surface area contributed by atoms with Gasteiger partial charge < -0.3 is 30.7 Å². The van der Waals surface area contributed by atoms with Gasteiger partial charge in [0, 0.05) is 37.1 Å². The number of carbonyl (C=O) groups excluding carboxylic acids is 6. The lowest BCUT2D eigenvalue weighted by molar-refractivity contribution is -0.443. The van der Waals surface area contributed by atoms with Crippen LogP contribution in [0.25, 0.3) is 0 Å². The van der Waals surface area contributed by atoms with Gasteiger partial charge >= 0.3 is 18.1 Å². The molecule has 5 N–H and O–H groups in total. The monoisotopic (exact) mass is 757 g/mol. The van der Waals surface area contributed by atoms with E-state index in [4.69, 9.17) is 9.47 Å². The first kappa shape index (κ1) is 43.7. The average Bonchev–Trinajstić information content (AvgIpc) is 3.06. The van der Waals surface area contributed by atoms with Crippen LogP contribution in [0.5, 0.6) is 0 Å². The number of carbonyl (C=O) groups is 6. The summed E-state index contributed by atoms with van der Waals surface area (Å²) in [6.07, 6.45) is -2.03. The van der Waals surface area contributed by atoms with Crippen LogP contribution in [0.1, 0.15) is 52.7 Å². The SMILES string of the molecule is C=[N+](CNC(=O)CNC(=O)[C@@H](Cc1ccc([N+](=O)[O-])cc1)NC(=O)OC(C)(C)C)C(=O)CNC(=O)[C@H](Cc1ccc([N+](=O)[O-])cc1)NC(=O)OC(C)(C)C. The number of nitrogens with one attached hydrogen (secondary N) is 5. The predicted octanol–water partition coefficient (Wildman–Crippen LogP) is 1.62. The van der Waals surface area contributed by atoms with Crippen LogP contribution in [-0.2, 0) is 41.5 Å². The first-order valence-corrected chi connectivity index (χ1v) is 16.4. The summed E-state index contributed by atoms with van der Waals surface area (Å²) in [4.78, 5) is 97.0. The minimum absolute atomic E-state index is 0.0976. The van der Waals surface area contributed by atoms with Gasteiger partial charge in [-0.3, -0.25) is 39.9 Å². The number of hydrogen-bond donors (Lipinski definition) is 5. The van der Waals surface area contributed by atoms with E-state index in [9.17, 15) is 49.0 Å². The second kappa shape index (κ2) is 19.4. The fourth-order valence-corrected chi connectivity index (χ4v) is 4.32. The molecule has 54 heavy (non-hydrogen) atoms. The molecule has 2 atom stereocenters. The standard InChI is InChI=1S/C34H44N8O12/c1-33(2,3)53-31(47)38-25(16-21-8-12-23(13-9-21)41(49)50)29(45)35-18-27(43)37-20-40(7)28(44)19-36-30(46)26(39-32(48)54-34(4,5)6)17-22-10-14-24(15-11-22)42(51)52/h8-15,25-26H,7,16-20H2,1-6H3,(H4-,35,36,37,38,39,43,45,46,47,48)/p+1/t25-,26+/m1/s1. The van der Waals surface area contributed by atoms with Crippen molar-refractivity contribution in [3.63, 3.8) is 0 Å². The molecule has 0 radical (unpaired) electrons. The number of non-ortho nitro benzene ring substituents is 2. The molecule has 20 heteroatoms. The molecule has 0 bridgehead atoms. The molecule has 2 rings (SSSR count). The number of hydrogen-bond acceptors (Lipinski definition) is 12. The Labute approximate surface area is 310 Å². The van der Waals surface area contributed by atoms with Crippen molar-refractivity contribution in [2.45, 2.75) is 77.7 Å². The topological polar surface area (TPSA) is 270 Å². The summed E-state index contributed by atoms with van der Waals surface area (Å²) in [5, 5.41) is 34.0. The van der Waals surface area contributed by atoms with E-state index < -0.39 is 88.7 Å². The van der Waals surface area contributed by atoms with Crippen LogP contribution in [0.3, 0.4) is 0 Å². The van der Waals surface area contributed by atoms with E-state index in [1.54, 1.807) is 41.5 Å². The summed E-state index contributed by atoms with van der Waals surface area (Å²) in [6.45, 7) is 11.7. The largest absolute Gasteiger partial charge is 0.444 e. The Kier molecular flexibility index (Phi) is 15.7. The molecule has 0 aliphatic carbocycles. The minimum Gasteiger partial charge on any atom is -0.444 e. The van der Waals surface area contributed by atoms with E-state index in [1.807, 2.05) is 0 Å². The Morgan fingerprint density at radius 2 is 1.02 bits per heavy atom. The molecule has 292 valence electrons. The quantitative estimate of drug-likeness (QED) is 0.0538. The molecule has 0 unspecified atom stereocenters. The zero-order valence-corrected chi connectivity index (χ0v) is 30.8. The minimum atomic E-state index is -1.25. The van der Waals surface area contributed by atoms with Crippen LogP contribution >= 0.6 is 0 Å². The molecule has 2 aromatic rings. The summed E-state index contributed by atoms with van der Waals surface area (Å²) in [7, 11) is 0. The Morgan fingerprint density at radius 3 is 1.37 bits per heavy atom. The van der Waals surface area contributed by atoms with Crippen LogP contribution in [-0.4, -0.2) is 100.0 Å². The number of amides is 6. The van der Waals surface area contributed by atoms with Gasteiger partial charge in [0.05, 0.1) is 16.4 Å². The van der Waals surface area contributed by atoms with E-state index >= 15 is 0 Å². The Hall–Kier alpha value is -6.47. The summed E-state index contributed by atoms with van der Waals surface area (Å²) in [5.41, 5.74) is -1.17. The van der Waals surface area contributed by atoms with Gasteiger partial charge in [0.1, 0.15) is 36.5 Å². The molecule has 0 aromatic heterocycles. The van der Waals surface area contributed by atoms with Gasteiger partial charge in [-0.2, -0.15) is 4.58 Å². The van der Waals surface area contributed by atoms with Crippen molar-refractivity contribution >= 4 is 53.9 Å². The normalized spacial score (nSPS) is 12.2. The van der Waals surface area contributed by atoms with Crippen molar-refractivity contribution in [3.8, 4) is 0 Å². The van der Waals surface area contributed by atoms with Crippen molar-refractivity contribution in [3.05, 3.63) is 79.9 Å². The smallest absolute Gasteiger partial charge is 0.408 e. The number of nitro benzene ring substituents is 2. The maximum absolute atomic E-state index is 13.1. The van der Waals surface area contributed by atoms with E-state index in [1.165, 1.54) is 48.5 Å². The first-order chi connectivity index (χ1) is 25.0. The molecular weight excluding hydrogens is 712 g/mol. The number of rotatable bonds is 16. The van der Waals surface area contributed by atoms with Gasteiger partial charge in [-0.1, -0.05) is 24.3 Å². The van der Waals surface area contributed by atoms with Gasteiger partial charge in [0.2, 0.25) is 24.4 Å². The molecule has 0 spiro atoms. The summed E-state index contributed by atoms with van der Waals surface area (Å²) >= 11 is 0. The van der Waals surface area contributed by atoms with Crippen molar-refractivity contribution < 1.29 is 52.7 Å². The van der Waals surface area contributed by atoms with Gasteiger partial charge in [-0.25, -0.2) is 14.4 Å². The zero-order chi connectivity index (χ0) is 40.8. The number of ether oxygens (including phenoxy) is 2. The lowest BCUT2D eigenvalue weighted by Gasteiger charge is -2.23. The highest BCUT2D eigenvalue weighted by molar-refractivity contribution is 5.90. The van der Waals surface area contributed by atoms with Crippen molar-refractivity contribution in [2.24, 2.45) is 0 Å². The molecular formula is C34H45N8O12+. The van der Waals surface area contributed by atoms with Gasteiger partial charge in [-0.15, -0.1) is 0 Å². The van der Waals surface area contributed by atoms with Crippen LogP contribution in [0.2, 0.25) is 0 Å². The second-order valence-corrected chi connectivity index (χ2v) is 13.8. The second-order valence-electron chi connectivity index (χ2n) is 13.8. The predicted molar refractivity (Wildman–Crippen MR) is 191 cm³/mol. The summed E-state index contributed by atoms with van der Waals surface area (Å²) < 4.78 is 11.3. The number of benzene rings is 2. The highest BCUT2D eigenvalue weighted by atomic mass is 16.6. The Morgan fingerprint density at radius 1 is 0.648 bits per heavy atom. The van der Waals surface area contributed by atoms with E-state index in [-0.39, 0.29) is 24.2 Å². The molecule has 0 aliphatic rings. The van der Waals surface area contributed by atoms with Gasteiger partial charge in [0.15, 0.2) is 0 Å². The van der Waals surface area contributed by atoms with Crippen molar-refractivity contribution in [1.82, 2.24) is 26.6 Å². The summed E-state index contributed by atoms with van der Waals surface area (Å²) in [5.74, 6) is -3.05. The maximum atomic E-state index is 13.1. The Balaban J connectivity index is 1.96. The first-order valence-electron chi connectivity index (χ1n) is 16.4. The van der Waals surface area contributed by atoms with Crippen molar-refractivity contribution in [2.75, 3.05) is 19.8 Å². The molecule has 2 aromatic carbocycles. The van der Waals surface area contributed by atoms with E-state index in [2.05, 4.69) is 33.3 Å². The lowest BCUT2D eigenvalue weighted by Crippen LogP contribution is -2.52. The number of nitrogens with zero attached hydrogens (tertiary/aromatic N) is 3. The van der Waals surface area contributed by atoms with Crippen LogP contribution < -0.4 is 26.6 Å². The summed E-state index contributed by atoms with van der Waals surface area (Å²) in [6, 6.07) is 8.14. The molecule has 0 heterocycles. The third-order valence-electron chi connectivity index (χ3n) is 6.85. The van der Waals surface area contributed by atoms with Gasteiger partial charge in [-0.05, 0) is 52.7 Å². The maximum Gasteiger partial charge on any atom is 0.408 e. The molecule has 6 amide bonds. The highest BCUT2D eigenvalue weighted by Crippen LogP contribution is 2.16.